The molecule has 0 fully saturated rings. The van der Waals surface area contributed by atoms with Gasteiger partial charge in [-0.05, 0) is 24.3 Å². The van der Waals surface area contributed by atoms with Crippen molar-refractivity contribution in [1.29, 1.82) is 0 Å². The number of pyridine rings is 1. The molecule has 0 bridgehead atoms. The fourth-order valence-electron chi connectivity index (χ4n) is 1.29. The van der Waals surface area contributed by atoms with Crippen LogP contribution in [0.15, 0.2) is 28.7 Å². The average molecular weight is 268 g/mol. The van der Waals surface area contributed by atoms with Gasteiger partial charge >= 0.3 is 5.97 Å². The lowest BCUT2D eigenvalue weighted by Crippen LogP contribution is -2.00. The lowest BCUT2D eigenvalue weighted by Gasteiger charge is -2.02. The van der Waals surface area contributed by atoms with E-state index in [4.69, 9.17) is 5.11 Å². The molecule has 0 atom stereocenters. The van der Waals surface area contributed by atoms with Crippen molar-refractivity contribution < 1.29 is 15.0 Å². The summed E-state index contributed by atoms with van der Waals surface area (Å²) >= 11 is 3.28. The van der Waals surface area contributed by atoms with Crippen LogP contribution >= 0.6 is 15.9 Å². The maximum absolute atomic E-state index is 10.7. The minimum Gasteiger partial charge on any atom is -0.505 e. The minimum absolute atomic E-state index is 0.326. The van der Waals surface area contributed by atoms with E-state index in [1.54, 1.807) is 18.2 Å². The van der Waals surface area contributed by atoms with Crippen LogP contribution in [0.2, 0.25) is 0 Å². The zero-order valence-corrected chi connectivity index (χ0v) is 9.02. The third-order valence-electron chi connectivity index (χ3n) is 1.96. The number of halogens is 1. The third-order valence-corrected chi connectivity index (χ3v) is 2.45. The third kappa shape index (κ3) is 1.78. The first kappa shape index (κ1) is 9.92. The van der Waals surface area contributed by atoms with E-state index in [-0.39, 0.29) is 11.4 Å². The lowest BCUT2D eigenvalue weighted by atomic mass is 10.2. The van der Waals surface area contributed by atoms with Crippen LogP contribution in [0.3, 0.4) is 0 Å². The molecule has 0 unspecified atom stereocenters. The normalized spacial score (nSPS) is 10.5. The van der Waals surface area contributed by atoms with Gasteiger partial charge in [0.15, 0.2) is 5.69 Å². The fourth-order valence-corrected chi connectivity index (χ4v) is 1.67. The molecule has 0 aliphatic heterocycles. The van der Waals surface area contributed by atoms with Gasteiger partial charge < -0.3 is 10.2 Å². The molecule has 76 valence electrons. The number of benzene rings is 1. The van der Waals surface area contributed by atoms with Gasteiger partial charge in [0.05, 0.1) is 5.52 Å². The molecular weight excluding hydrogens is 262 g/mol. The molecule has 2 aromatic rings. The highest BCUT2D eigenvalue weighted by Gasteiger charge is 2.12. The smallest absolute Gasteiger partial charge is 0.358 e. The topological polar surface area (TPSA) is 70.4 Å². The molecule has 2 N–H and O–H groups in total. The molecule has 1 aromatic heterocycles. The van der Waals surface area contributed by atoms with Crippen molar-refractivity contribution in [1.82, 2.24) is 4.98 Å². The Morgan fingerprint density at radius 2 is 2.07 bits per heavy atom. The number of carbonyl (C=O) groups is 1. The molecule has 1 heterocycles. The summed E-state index contributed by atoms with van der Waals surface area (Å²) in [6.07, 6.45) is 0. The number of carboxylic acids is 1. The van der Waals surface area contributed by atoms with E-state index in [0.29, 0.717) is 10.9 Å². The van der Waals surface area contributed by atoms with Crippen LogP contribution in [0.4, 0.5) is 0 Å². The van der Waals surface area contributed by atoms with Crippen molar-refractivity contribution in [3.8, 4) is 5.75 Å². The molecule has 5 heteroatoms. The van der Waals surface area contributed by atoms with Crippen molar-refractivity contribution in [2.75, 3.05) is 0 Å². The minimum atomic E-state index is -1.24. The maximum atomic E-state index is 10.7. The summed E-state index contributed by atoms with van der Waals surface area (Å²) in [6.45, 7) is 0. The number of rotatable bonds is 1. The van der Waals surface area contributed by atoms with Crippen LogP contribution in [0.1, 0.15) is 10.5 Å². The Morgan fingerprint density at radius 3 is 2.73 bits per heavy atom. The standard InChI is InChI=1S/C10H6BrNO3/c11-6-1-2-7-5(3-6)4-8(13)9(12-7)10(14)15/h1-4,13H,(H,14,15). The van der Waals surface area contributed by atoms with Gasteiger partial charge in [0.25, 0.3) is 0 Å². The van der Waals surface area contributed by atoms with Crippen LogP contribution in [-0.4, -0.2) is 21.2 Å². The molecule has 0 amide bonds. The first-order chi connectivity index (χ1) is 7.08. The van der Waals surface area contributed by atoms with Crippen molar-refractivity contribution in [3.63, 3.8) is 0 Å². The second-order valence-electron chi connectivity index (χ2n) is 3.00. The molecule has 0 saturated heterocycles. The van der Waals surface area contributed by atoms with Crippen LogP contribution < -0.4 is 0 Å². The van der Waals surface area contributed by atoms with Gasteiger partial charge in [-0.1, -0.05) is 15.9 Å². The molecule has 1 aromatic carbocycles. The summed E-state index contributed by atoms with van der Waals surface area (Å²) < 4.78 is 0.847. The van der Waals surface area contributed by atoms with Crippen LogP contribution in [0.25, 0.3) is 10.9 Å². The van der Waals surface area contributed by atoms with Gasteiger partial charge in [0.1, 0.15) is 5.75 Å². The Hall–Kier alpha value is -1.62. The van der Waals surface area contributed by atoms with Gasteiger partial charge in [0, 0.05) is 9.86 Å². The van der Waals surface area contributed by atoms with E-state index in [2.05, 4.69) is 20.9 Å². The van der Waals surface area contributed by atoms with Crippen LogP contribution in [0.5, 0.6) is 5.75 Å². The highest BCUT2D eigenvalue weighted by atomic mass is 79.9. The second kappa shape index (κ2) is 3.51. The summed E-state index contributed by atoms with van der Waals surface area (Å²) in [5.41, 5.74) is 0.207. The van der Waals surface area contributed by atoms with Gasteiger partial charge in [-0.25, -0.2) is 9.78 Å². The molecule has 0 aliphatic rings. The Balaban J connectivity index is 2.76. The Morgan fingerprint density at radius 1 is 1.33 bits per heavy atom. The van der Waals surface area contributed by atoms with E-state index < -0.39 is 5.97 Å². The summed E-state index contributed by atoms with van der Waals surface area (Å²) in [7, 11) is 0. The number of fused-ring (bicyclic) bond motifs is 1. The van der Waals surface area contributed by atoms with E-state index in [1.165, 1.54) is 6.07 Å². The monoisotopic (exact) mass is 267 g/mol. The number of nitrogens with zero attached hydrogens (tertiary/aromatic N) is 1. The summed E-state index contributed by atoms with van der Waals surface area (Å²) in [6, 6.07) is 6.59. The van der Waals surface area contributed by atoms with E-state index in [0.717, 1.165) is 4.47 Å². The predicted molar refractivity (Wildman–Crippen MR) is 58.1 cm³/mol. The summed E-state index contributed by atoms with van der Waals surface area (Å²) in [5.74, 6) is -1.56. The molecule has 2 rings (SSSR count). The van der Waals surface area contributed by atoms with E-state index >= 15 is 0 Å². The van der Waals surface area contributed by atoms with Gasteiger partial charge in [-0.3, -0.25) is 0 Å². The van der Waals surface area contributed by atoms with Crippen molar-refractivity contribution >= 4 is 32.8 Å². The number of aromatic hydroxyl groups is 1. The predicted octanol–water partition coefficient (Wildman–Crippen LogP) is 2.40. The molecule has 0 aliphatic carbocycles. The number of aromatic nitrogens is 1. The lowest BCUT2D eigenvalue weighted by molar-refractivity contribution is 0.0687. The molecule has 0 saturated carbocycles. The van der Waals surface area contributed by atoms with Gasteiger partial charge in [-0.15, -0.1) is 0 Å². The summed E-state index contributed by atoms with van der Waals surface area (Å²) in [5, 5.41) is 18.8. The van der Waals surface area contributed by atoms with E-state index in [9.17, 15) is 9.90 Å². The number of hydrogen-bond donors (Lipinski definition) is 2. The number of hydrogen-bond acceptors (Lipinski definition) is 3. The summed E-state index contributed by atoms with van der Waals surface area (Å²) in [4.78, 5) is 14.5. The highest BCUT2D eigenvalue weighted by Crippen LogP contribution is 2.24. The van der Waals surface area contributed by atoms with Gasteiger partial charge in [-0.2, -0.15) is 0 Å². The first-order valence-electron chi connectivity index (χ1n) is 4.10. The maximum Gasteiger partial charge on any atom is 0.358 e. The Labute approximate surface area is 93.3 Å². The van der Waals surface area contributed by atoms with Gasteiger partial charge in [0.2, 0.25) is 0 Å². The largest absolute Gasteiger partial charge is 0.505 e. The van der Waals surface area contributed by atoms with Crippen molar-refractivity contribution in [2.45, 2.75) is 0 Å². The number of carboxylic acid groups (broad SMARTS) is 1. The van der Waals surface area contributed by atoms with Crippen LogP contribution in [-0.2, 0) is 0 Å². The molecule has 15 heavy (non-hydrogen) atoms. The molecule has 0 radical (unpaired) electrons. The second-order valence-corrected chi connectivity index (χ2v) is 3.91. The quantitative estimate of drug-likeness (QED) is 0.833. The fraction of sp³-hybridized carbons (Fsp3) is 0. The average Bonchev–Trinajstić information content (AvgIpc) is 2.15. The zero-order chi connectivity index (χ0) is 11.0. The van der Waals surface area contributed by atoms with Crippen molar-refractivity contribution in [2.24, 2.45) is 0 Å². The zero-order valence-electron chi connectivity index (χ0n) is 7.44. The first-order valence-corrected chi connectivity index (χ1v) is 4.90. The number of aromatic carboxylic acids is 1. The van der Waals surface area contributed by atoms with Crippen LogP contribution in [0, 0.1) is 0 Å². The molecular formula is C10H6BrNO3. The Bertz CT molecular complexity index is 554. The van der Waals surface area contributed by atoms with Crippen molar-refractivity contribution in [3.05, 3.63) is 34.4 Å². The molecule has 0 spiro atoms. The highest BCUT2D eigenvalue weighted by molar-refractivity contribution is 9.10. The Kier molecular flexibility index (Phi) is 2.32. The molecule has 4 nitrogen and oxygen atoms in total. The van der Waals surface area contributed by atoms with E-state index in [1.807, 2.05) is 0 Å². The SMILES string of the molecule is O=C(O)c1nc2ccc(Br)cc2cc1O.